The molecule has 1 saturated carbocycles. The van der Waals surface area contributed by atoms with Crippen molar-refractivity contribution < 1.29 is 48.3 Å². The van der Waals surface area contributed by atoms with Crippen LogP contribution in [0, 0.1) is 16.7 Å². The Kier molecular flexibility index (Phi) is 6.81. The van der Waals surface area contributed by atoms with Gasteiger partial charge in [0.05, 0.1) is 37.4 Å². The molecule has 8 atom stereocenters. The molecule has 0 aromatic heterocycles. The summed E-state index contributed by atoms with van der Waals surface area (Å²) in [4.78, 5) is 37.6. The number of hydrogen-bond acceptors (Lipinski definition) is 10. The number of cyclic esters (lactones) is 2. The first kappa shape index (κ1) is 26.1. The Morgan fingerprint density at radius 2 is 1.78 bits per heavy atom. The van der Waals surface area contributed by atoms with Crippen molar-refractivity contribution in [3.63, 3.8) is 0 Å². The van der Waals surface area contributed by atoms with Gasteiger partial charge in [-0.3, -0.25) is 0 Å². The summed E-state index contributed by atoms with van der Waals surface area (Å²) in [6.07, 6.45) is 6.03. The number of carbonyl (C=O) groups is 3. The van der Waals surface area contributed by atoms with Crippen LogP contribution in [0.2, 0.25) is 0 Å². The number of epoxide rings is 1. The van der Waals surface area contributed by atoms with Crippen LogP contribution in [0.1, 0.15) is 39.5 Å². The lowest BCUT2D eigenvalue weighted by molar-refractivity contribution is -0.235. The molecule has 0 aromatic rings. The van der Waals surface area contributed by atoms with Gasteiger partial charge in [-0.2, -0.15) is 0 Å². The first-order valence-electron chi connectivity index (χ1n) is 12.8. The maximum Gasteiger partial charge on any atom is 0.335 e. The quantitative estimate of drug-likeness (QED) is 0.225. The summed E-state index contributed by atoms with van der Waals surface area (Å²) in [6.45, 7) is 3.96. The minimum Gasteiger partial charge on any atom is -0.463 e. The van der Waals surface area contributed by atoms with Gasteiger partial charge in [0.15, 0.2) is 6.10 Å². The second-order valence-corrected chi connectivity index (χ2v) is 10.9. The van der Waals surface area contributed by atoms with E-state index >= 15 is 0 Å². The molecule has 10 heteroatoms. The van der Waals surface area contributed by atoms with Crippen LogP contribution in [0.3, 0.4) is 0 Å². The molecule has 3 heterocycles. The SMILES string of the molecule is C[C@@H]1CCOC(=O)/C=C\C=C/C(=O)OC2C[C@H]3O[C@@H]4C=C(CO)CCC4(COC(=O)[C@H]1O)[C@]2(C)[C@]31CO1. The number of allylic oxidation sites excluding steroid dienone is 2. The molecule has 0 aromatic carbocycles. The minimum absolute atomic E-state index is 0.00994. The van der Waals surface area contributed by atoms with E-state index in [-0.39, 0.29) is 32.3 Å². The van der Waals surface area contributed by atoms with Crippen LogP contribution in [0.5, 0.6) is 0 Å². The second-order valence-electron chi connectivity index (χ2n) is 10.9. The summed E-state index contributed by atoms with van der Waals surface area (Å²) >= 11 is 0. The van der Waals surface area contributed by atoms with E-state index in [0.717, 1.165) is 5.57 Å². The molecule has 2 N–H and O–H groups in total. The van der Waals surface area contributed by atoms with E-state index in [1.807, 2.05) is 13.0 Å². The van der Waals surface area contributed by atoms with Crippen LogP contribution < -0.4 is 0 Å². The molecular weight excluding hydrogens is 484 g/mol. The normalized spacial score (nSPS) is 45.9. The van der Waals surface area contributed by atoms with Crippen LogP contribution in [-0.4, -0.2) is 84.6 Å². The molecule has 202 valence electrons. The average molecular weight is 519 g/mol. The fourth-order valence-corrected chi connectivity index (χ4v) is 6.70. The van der Waals surface area contributed by atoms with E-state index in [1.54, 1.807) is 6.92 Å². The van der Waals surface area contributed by atoms with Gasteiger partial charge in [-0.1, -0.05) is 32.1 Å². The van der Waals surface area contributed by atoms with Gasteiger partial charge in [-0.15, -0.1) is 0 Å². The van der Waals surface area contributed by atoms with E-state index in [0.29, 0.717) is 25.9 Å². The first-order valence-corrected chi connectivity index (χ1v) is 12.8. The fraction of sp³-hybridized carbons (Fsp3) is 0.667. The Balaban J connectivity index is 1.53. The third kappa shape index (κ3) is 4.14. The highest BCUT2D eigenvalue weighted by Crippen LogP contribution is 2.72. The topological polar surface area (TPSA) is 141 Å². The molecule has 0 radical (unpaired) electrons. The van der Waals surface area contributed by atoms with Gasteiger partial charge in [0, 0.05) is 24.0 Å². The number of esters is 3. The third-order valence-electron chi connectivity index (χ3n) is 9.20. The zero-order valence-corrected chi connectivity index (χ0v) is 21.1. The van der Waals surface area contributed by atoms with E-state index in [1.165, 1.54) is 24.3 Å². The smallest absolute Gasteiger partial charge is 0.335 e. The Morgan fingerprint density at radius 1 is 1.05 bits per heavy atom. The summed E-state index contributed by atoms with van der Waals surface area (Å²) in [5.41, 5.74) is -1.44. The lowest BCUT2D eigenvalue weighted by Gasteiger charge is -2.58. The highest BCUT2D eigenvalue weighted by atomic mass is 16.6. The zero-order valence-electron chi connectivity index (χ0n) is 21.1. The molecule has 2 spiro atoms. The average Bonchev–Trinajstić information content (AvgIpc) is 3.66. The van der Waals surface area contributed by atoms with Crippen molar-refractivity contribution in [2.75, 3.05) is 26.4 Å². The highest BCUT2D eigenvalue weighted by molar-refractivity contribution is 5.84. The van der Waals surface area contributed by atoms with Crippen molar-refractivity contribution in [1.29, 1.82) is 0 Å². The van der Waals surface area contributed by atoms with Crippen LogP contribution >= 0.6 is 0 Å². The summed E-state index contributed by atoms with van der Waals surface area (Å²) in [5.74, 6) is -2.48. The van der Waals surface area contributed by atoms with Crippen molar-refractivity contribution >= 4 is 17.9 Å². The van der Waals surface area contributed by atoms with Gasteiger partial charge in [0.25, 0.3) is 0 Å². The van der Waals surface area contributed by atoms with E-state index in [4.69, 9.17) is 23.7 Å². The molecule has 2 unspecified atom stereocenters. The molecule has 5 rings (SSSR count). The number of carbonyl (C=O) groups excluding carboxylic acids is 3. The van der Waals surface area contributed by atoms with E-state index in [2.05, 4.69) is 0 Å². The molecule has 5 aliphatic rings. The van der Waals surface area contributed by atoms with Gasteiger partial charge < -0.3 is 33.9 Å². The highest BCUT2D eigenvalue weighted by Gasteiger charge is 2.83. The van der Waals surface area contributed by atoms with Crippen LogP contribution in [0.15, 0.2) is 36.0 Å². The summed E-state index contributed by atoms with van der Waals surface area (Å²) < 4.78 is 29.4. The zero-order chi connectivity index (χ0) is 26.4. The minimum atomic E-state index is -1.41. The molecule has 10 nitrogen and oxygen atoms in total. The molecule has 37 heavy (non-hydrogen) atoms. The van der Waals surface area contributed by atoms with Gasteiger partial charge in [-0.05, 0) is 30.8 Å². The van der Waals surface area contributed by atoms with Crippen molar-refractivity contribution in [3.8, 4) is 0 Å². The Bertz CT molecular complexity index is 1040. The molecule has 2 saturated heterocycles. The number of rotatable bonds is 1. The van der Waals surface area contributed by atoms with Gasteiger partial charge in [0.2, 0.25) is 0 Å². The lowest BCUT2D eigenvalue weighted by Crippen LogP contribution is -2.67. The monoisotopic (exact) mass is 518 g/mol. The van der Waals surface area contributed by atoms with Crippen LogP contribution in [0.4, 0.5) is 0 Å². The maximum atomic E-state index is 13.0. The standard InChI is InChI=1S/C27H34O10/c1-16-8-10-33-21(29)5-3-4-6-22(30)37-18-12-20-27(15-35-27)25(18,2)26(14-34-24(32)23(16)31)9-7-17(13-28)11-19(26)36-20/h3-6,11,16,18-20,23,28,31H,7-10,12-15H2,1-2H3/b5-3-,6-4-/t16-,18?,19-,20-,23+,25-,26?,27+/m1/s1. The lowest BCUT2D eigenvalue weighted by atomic mass is 9.51. The molecular formula is C27H34O10. The summed E-state index contributed by atoms with van der Waals surface area (Å²) in [5, 5.41) is 20.4. The Hall–Kier alpha value is -2.53. The number of ether oxygens (including phenoxy) is 5. The Labute approximate surface area is 215 Å². The Morgan fingerprint density at radius 3 is 2.49 bits per heavy atom. The van der Waals surface area contributed by atoms with Crippen LogP contribution in [0.25, 0.3) is 0 Å². The number of aliphatic hydroxyl groups excluding tert-OH is 2. The van der Waals surface area contributed by atoms with Gasteiger partial charge >= 0.3 is 17.9 Å². The first-order chi connectivity index (χ1) is 17.7. The molecule has 3 aliphatic heterocycles. The van der Waals surface area contributed by atoms with Crippen molar-refractivity contribution in [2.24, 2.45) is 16.7 Å². The predicted octanol–water partition coefficient (Wildman–Crippen LogP) is 1.14. The molecule has 2 aliphatic carbocycles. The molecule has 2 bridgehead atoms. The van der Waals surface area contributed by atoms with E-state index in [9.17, 15) is 24.6 Å². The summed E-state index contributed by atoms with van der Waals surface area (Å²) in [7, 11) is 0. The van der Waals surface area contributed by atoms with Gasteiger partial charge in [-0.25, -0.2) is 14.4 Å². The van der Waals surface area contributed by atoms with Crippen molar-refractivity contribution in [2.45, 2.75) is 69.5 Å². The predicted molar refractivity (Wildman–Crippen MR) is 127 cm³/mol. The van der Waals surface area contributed by atoms with Gasteiger partial charge in [0.1, 0.15) is 18.3 Å². The van der Waals surface area contributed by atoms with Crippen molar-refractivity contribution in [3.05, 3.63) is 36.0 Å². The van der Waals surface area contributed by atoms with Crippen molar-refractivity contribution in [1.82, 2.24) is 0 Å². The summed E-state index contributed by atoms with van der Waals surface area (Å²) in [6, 6.07) is 0. The largest absolute Gasteiger partial charge is 0.463 e. The maximum absolute atomic E-state index is 13.0. The van der Waals surface area contributed by atoms with E-state index < -0.39 is 58.6 Å². The fourth-order valence-electron chi connectivity index (χ4n) is 6.70. The molecule has 3 fully saturated rings. The second kappa shape index (κ2) is 9.65. The number of aliphatic hydroxyl groups is 2. The van der Waals surface area contributed by atoms with Crippen LogP contribution in [-0.2, 0) is 38.1 Å². The number of hydrogen-bond donors (Lipinski definition) is 2. The molecule has 0 amide bonds. The third-order valence-corrected chi connectivity index (χ3v) is 9.20.